The average molecular weight is 441 g/mol. The standard InChI is InChI=1S/C24H40N8/c1-5-15-32-17-12-21(13-18-32)27-24(26-19-23-29-28-20(2)31(23)4)25-14-9-16-30(3)22-10-7-6-8-11-22/h6-8,10-11,21H,5,9,12-19H2,1-4H3,(H2,25,26,27). The third-order valence-corrected chi connectivity index (χ3v) is 6.19. The highest BCUT2D eigenvalue weighted by Gasteiger charge is 2.19. The number of aromatic nitrogens is 3. The van der Waals surface area contributed by atoms with Gasteiger partial charge in [-0.2, -0.15) is 0 Å². The van der Waals surface area contributed by atoms with Crippen molar-refractivity contribution in [2.45, 2.75) is 52.1 Å². The molecule has 0 bridgehead atoms. The molecular formula is C24H40N8. The van der Waals surface area contributed by atoms with E-state index < -0.39 is 0 Å². The Balaban J connectivity index is 1.52. The molecule has 1 fully saturated rings. The highest BCUT2D eigenvalue weighted by Crippen LogP contribution is 2.12. The minimum Gasteiger partial charge on any atom is -0.375 e. The van der Waals surface area contributed by atoms with Gasteiger partial charge in [-0.1, -0.05) is 25.1 Å². The van der Waals surface area contributed by atoms with E-state index in [0.29, 0.717) is 12.6 Å². The molecule has 8 nitrogen and oxygen atoms in total. The summed E-state index contributed by atoms with van der Waals surface area (Å²) >= 11 is 0. The molecule has 1 aliphatic heterocycles. The van der Waals surface area contributed by atoms with Crippen LogP contribution in [0.2, 0.25) is 0 Å². The number of likely N-dealkylation sites (tertiary alicyclic amines) is 1. The molecule has 1 aromatic heterocycles. The minimum atomic E-state index is 0.461. The van der Waals surface area contributed by atoms with Gasteiger partial charge in [0, 0.05) is 52.0 Å². The van der Waals surface area contributed by atoms with Crippen molar-refractivity contribution in [2.24, 2.45) is 12.0 Å². The number of benzene rings is 1. The monoisotopic (exact) mass is 440 g/mol. The predicted molar refractivity (Wildman–Crippen MR) is 132 cm³/mol. The van der Waals surface area contributed by atoms with Crippen molar-refractivity contribution in [1.82, 2.24) is 30.3 Å². The molecule has 32 heavy (non-hydrogen) atoms. The number of nitrogens with one attached hydrogen (secondary N) is 2. The molecule has 2 N–H and O–H groups in total. The van der Waals surface area contributed by atoms with Gasteiger partial charge in [-0.15, -0.1) is 10.2 Å². The van der Waals surface area contributed by atoms with Crippen molar-refractivity contribution in [3.8, 4) is 0 Å². The van der Waals surface area contributed by atoms with Gasteiger partial charge < -0.3 is 25.0 Å². The fourth-order valence-electron chi connectivity index (χ4n) is 4.04. The lowest BCUT2D eigenvalue weighted by atomic mass is 10.1. The van der Waals surface area contributed by atoms with Crippen LogP contribution in [0.3, 0.4) is 0 Å². The summed E-state index contributed by atoms with van der Waals surface area (Å²) in [6.07, 6.45) is 4.56. The molecule has 0 atom stereocenters. The molecule has 0 aliphatic carbocycles. The Labute approximate surface area is 193 Å². The van der Waals surface area contributed by atoms with Crippen LogP contribution in [0.15, 0.2) is 35.3 Å². The van der Waals surface area contributed by atoms with E-state index in [1.54, 1.807) is 0 Å². The molecule has 1 saturated heterocycles. The summed E-state index contributed by atoms with van der Waals surface area (Å²) in [6, 6.07) is 11.0. The molecule has 1 aromatic carbocycles. The number of hydrogen-bond donors (Lipinski definition) is 2. The number of rotatable bonds is 10. The van der Waals surface area contributed by atoms with Gasteiger partial charge >= 0.3 is 0 Å². The quantitative estimate of drug-likeness (QED) is 0.336. The van der Waals surface area contributed by atoms with E-state index >= 15 is 0 Å². The Hall–Kier alpha value is -2.61. The molecule has 0 radical (unpaired) electrons. The summed E-state index contributed by atoms with van der Waals surface area (Å²) in [5.41, 5.74) is 1.25. The molecule has 176 valence electrons. The van der Waals surface area contributed by atoms with Gasteiger partial charge in [-0.3, -0.25) is 0 Å². The highest BCUT2D eigenvalue weighted by molar-refractivity contribution is 5.80. The molecular weight excluding hydrogens is 400 g/mol. The van der Waals surface area contributed by atoms with E-state index in [2.05, 4.69) is 74.9 Å². The summed E-state index contributed by atoms with van der Waals surface area (Å²) < 4.78 is 2.00. The van der Waals surface area contributed by atoms with Crippen LogP contribution in [0.25, 0.3) is 0 Å². The lowest BCUT2D eigenvalue weighted by molar-refractivity contribution is 0.206. The minimum absolute atomic E-state index is 0.461. The van der Waals surface area contributed by atoms with Crippen LogP contribution < -0.4 is 15.5 Å². The Bertz CT molecular complexity index is 824. The molecule has 0 unspecified atom stereocenters. The summed E-state index contributed by atoms with van der Waals surface area (Å²) in [5, 5.41) is 15.6. The maximum atomic E-state index is 4.84. The van der Waals surface area contributed by atoms with Crippen LogP contribution in [0.1, 0.15) is 44.3 Å². The fraction of sp³-hybridized carbons (Fsp3) is 0.625. The largest absolute Gasteiger partial charge is 0.375 e. The van der Waals surface area contributed by atoms with E-state index in [1.165, 1.54) is 18.7 Å². The van der Waals surface area contributed by atoms with Gasteiger partial charge in [0.25, 0.3) is 0 Å². The van der Waals surface area contributed by atoms with Gasteiger partial charge in [0.15, 0.2) is 11.8 Å². The molecule has 3 rings (SSSR count). The number of aliphatic imine (C=N–C) groups is 1. The number of nitrogens with zero attached hydrogens (tertiary/aromatic N) is 6. The van der Waals surface area contributed by atoms with Gasteiger partial charge in [-0.25, -0.2) is 4.99 Å². The second-order valence-corrected chi connectivity index (χ2v) is 8.68. The topological polar surface area (TPSA) is 73.6 Å². The first-order chi connectivity index (χ1) is 15.6. The number of anilines is 1. The van der Waals surface area contributed by atoms with Gasteiger partial charge in [0.2, 0.25) is 0 Å². The first kappa shape index (κ1) is 24.0. The fourth-order valence-corrected chi connectivity index (χ4v) is 4.04. The molecule has 0 saturated carbocycles. The van der Waals surface area contributed by atoms with Gasteiger partial charge in [-0.05, 0) is 51.3 Å². The van der Waals surface area contributed by atoms with Crippen LogP contribution in [-0.4, -0.2) is 71.4 Å². The number of piperidine rings is 1. The van der Waals surface area contributed by atoms with Gasteiger partial charge in [0.05, 0.1) is 0 Å². The maximum absolute atomic E-state index is 4.84. The highest BCUT2D eigenvalue weighted by atomic mass is 15.3. The summed E-state index contributed by atoms with van der Waals surface area (Å²) in [4.78, 5) is 9.69. The smallest absolute Gasteiger partial charge is 0.191 e. The molecule has 1 aliphatic rings. The third-order valence-electron chi connectivity index (χ3n) is 6.19. The summed E-state index contributed by atoms with van der Waals surface area (Å²) in [5.74, 6) is 2.66. The van der Waals surface area contributed by atoms with E-state index in [9.17, 15) is 0 Å². The van der Waals surface area contributed by atoms with Crippen molar-refractivity contribution >= 4 is 11.6 Å². The number of hydrogen-bond acceptors (Lipinski definition) is 5. The van der Waals surface area contributed by atoms with E-state index in [4.69, 9.17) is 4.99 Å². The van der Waals surface area contributed by atoms with E-state index in [-0.39, 0.29) is 0 Å². The van der Waals surface area contributed by atoms with Crippen molar-refractivity contribution in [2.75, 3.05) is 44.7 Å². The average Bonchev–Trinajstić information content (AvgIpc) is 3.14. The van der Waals surface area contributed by atoms with Crippen molar-refractivity contribution in [3.05, 3.63) is 42.0 Å². The summed E-state index contributed by atoms with van der Waals surface area (Å²) in [6.45, 7) is 10.1. The van der Waals surface area contributed by atoms with Crippen LogP contribution >= 0.6 is 0 Å². The predicted octanol–water partition coefficient (Wildman–Crippen LogP) is 2.56. The van der Waals surface area contributed by atoms with E-state index in [1.807, 2.05) is 18.5 Å². The second-order valence-electron chi connectivity index (χ2n) is 8.68. The molecule has 2 aromatic rings. The molecule has 8 heteroatoms. The van der Waals surface area contributed by atoms with Crippen LogP contribution in [0, 0.1) is 6.92 Å². The van der Waals surface area contributed by atoms with Crippen molar-refractivity contribution in [1.29, 1.82) is 0 Å². The zero-order valence-electron chi connectivity index (χ0n) is 20.2. The Morgan fingerprint density at radius 3 is 2.59 bits per heavy atom. The molecule has 2 heterocycles. The SMILES string of the molecule is CCCN1CCC(NC(=NCc2nnc(C)n2C)NCCCN(C)c2ccccc2)CC1. The first-order valence-electron chi connectivity index (χ1n) is 11.9. The van der Waals surface area contributed by atoms with Crippen LogP contribution in [0.4, 0.5) is 5.69 Å². The van der Waals surface area contributed by atoms with Gasteiger partial charge in [0.1, 0.15) is 12.4 Å². The Morgan fingerprint density at radius 2 is 1.94 bits per heavy atom. The second kappa shape index (κ2) is 12.4. The molecule has 0 amide bonds. The Kier molecular flexibility index (Phi) is 9.34. The lowest BCUT2D eigenvalue weighted by Crippen LogP contribution is -2.49. The number of guanidine groups is 1. The van der Waals surface area contributed by atoms with Crippen molar-refractivity contribution in [3.63, 3.8) is 0 Å². The normalized spacial score (nSPS) is 15.7. The zero-order valence-corrected chi connectivity index (χ0v) is 20.2. The number of para-hydroxylation sites is 1. The van der Waals surface area contributed by atoms with E-state index in [0.717, 1.165) is 63.0 Å². The maximum Gasteiger partial charge on any atom is 0.191 e. The Morgan fingerprint density at radius 1 is 1.19 bits per heavy atom. The lowest BCUT2D eigenvalue weighted by Gasteiger charge is -2.33. The zero-order chi connectivity index (χ0) is 22.8. The first-order valence-corrected chi connectivity index (χ1v) is 11.9. The molecule has 0 spiro atoms. The number of aryl methyl sites for hydroxylation is 1. The van der Waals surface area contributed by atoms with Crippen LogP contribution in [0.5, 0.6) is 0 Å². The van der Waals surface area contributed by atoms with Crippen molar-refractivity contribution < 1.29 is 0 Å². The summed E-state index contributed by atoms with van der Waals surface area (Å²) in [7, 11) is 4.13. The van der Waals surface area contributed by atoms with Crippen LogP contribution in [-0.2, 0) is 13.6 Å². The third kappa shape index (κ3) is 7.22.